The monoisotopic (exact) mass is 428 g/mol. The topological polar surface area (TPSA) is 54.5 Å². The van der Waals surface area contributed by atoms with E-state index in [-0.39, 0.29) is 0 Å². The van der Waals surface area contributed by atoms with E-state index in [4.69, 9.17) is 10.7 Å². The van der Waals surface area contributed by atoms with Gasteiger partial charge in [0, 0.05) is 56.0 Å². The average molecular weight is 429 g/mol. The second-order valence-electron chi connectivity index (χ2n) is 8.10. The molecule has 1 aromatic heterocycles. The van der Waals surface area contributed by atoms with E-state index in [9.17, 15) is 0 Å². The third-order valence-electron chi connectivity index (χ3n) is 4.93. The second-order valence-corrected chi connectivity index (χ2v) is 8.10. The predicted molar refractivity (Wildman–Crippen MR) is 141 cm³/mol. The fraction of sp³-hybridized carbons (Fsp3) is 0.286. The van der Waals surface area contributed by atoms with Gasteiger partial charge in [0.2, 0.25) is 0 Å². The van der Waals surface area contributed by atoms with Crippen molar-refractivity contribution in [2.24, 2.45) is 10.7 Å². The number of allylic oxidation sites excluding steroid dienone is 5. The molecular weight excluding hydrogens is 392 g/mol. The number of rotatable bonds is 11. The molecule has 0 saturated heterocycles. The highest BCUT2D eigenvalue weighted by Gasteiger charge is 2.12. The van der Waals surface area contributed by atoms with Crippen LogP contribution in [0.25, 0.3) is 22.4 Å². The Morgan fingerprint density at radius 1 is 1.16 bits per heavy atom. The van der Waals surface area contributed by atoms with E-state index in [0.717, 1.165) is 64.1 Å². The van der Waals surface area contributed by atoms with Crippen molar-refractivity contribution < 1.29 is 0 Å². The normalized spacial score (nSPS) is 12.3. The third-order valence-corrected chi connectivity index (χ3v) is 4.93. The van der Waals surface area contributed by atoms with Crippen LogP contribution in [-0.4, -0.2) is 43.8 Å². The number of unbranched alkanes of at least 4 members (excludes halogenated alkanes) is 1. The highest BCUT2D eigenvalue weighted by molar-refractivity contribution is 6.10. The van der Waals surface area contributed by atoms with Gasteiger partial charge in [-0.2, -0.15) is 0 Å². The van der Waals surface area contributed by atoms with Gasteiger partial charge < -0.3 is 10.6 Å². The molecule has 1 heterocycles. The van der Waals surface area contributed by atoms with Gasteiger partial charge in [-0.15, -0.1) is 0 Å². The summed E-state index contributed by atoms with van der Waals surface area (Å²) >= 11 is 0. The molecule has 32 heavy (non-hydrogen) atoms. The van der Waals surface area contributed by atoms with E-state index < -0.39 is 0 Å². The van der Waals surface area contributed by atoms with Crippen molar-refractivity contribution in [3.63, 3.8) is 0 Å². The number of aliphatic imine (C=N–C) groups is 1. The number of benzene rings is 1. The summed E-state index contributed by atoms with van der Waals surface area (Å²) in [5.74, 6) is 0. The maximum Gasteiger partial charge on any atom is 0.0705 e. The van der Waals surface area contributed by atoms with Crippen molar-refractivity contribution >= 4 is 17.4 Å². The van der Waals surface area contributed by atoms with Crippen molar-refractivity contribution in [1.82, 2.24) is 9.88 Å². The Morgan fingerprint density at radius 3 is 2.56 bits per heavy atom. The van der Waals surface area contributed by atoms with Crippen molar-refractivity contribution in [3.8, 4) is 11.3 Å². The lowest BCUT2D eigenvalue weighted by Crippen LogP contribution is -2.04. The van der Waals surface area contributed by atoms with E-state index >= 15 is 0 Å². The number of hydrogen-bond acceptors (Lipinski definition) is 4. The molecule has 0 fully saturated rings. The van der Waals surface area contributed by atoms with Crippen LogP contribution < -0.4 is 5.73 Å². The van der Waals surface area contributed by atoms with Crippen LogP contribution in [0.2, 0.25) is 0 Å². The first-order valence-corrected chi connectivity index (χ1v) is 11.0. The molecule has 0 bridgehead atoms. The lowest BCUT2D eigenvalue weighted by Gasteiger charge is -2.14. The van der Waals surface area contributed by atoms with Crippen LogP contribution >= 0.6 is 0 Å². The Bertz CT molecular complexity index is 1030. The average Bonchev–Trinajstić information content (AvgIpc) is 2.77. The van der Waals surface area contributed by atoms with Crippen LogP contribution in [0.15, 0.2) is 78.5 Å². The number of nitrogens with two attached hydrogens (primary N) is 1. The number of pyridine rings is 1. The number of nitrogens with zero attached hydrogens (tertiary/aromatic N) is 3. The van der Waals surface area contributed by atoms with Crippen molar-refractivity contribution in [2.75, 3.05) is 27.7 Å². The van der Waals surface area contributed by atoms with Gasteiger partial charge in [0.05, 0.1) is 5.69 Å². The molecule has 0 aliphatic rings. The molecule has 0 amide bonds. The molecule has 4 nitrogen and oxygen atoms in total. The molecule has 4 heteroatoms. The van der Waals surface area contributed by atoms with Crippen molar-refractivity contribution in [3.05, 3.63) is 90.3 Å². The summed E-state index contributed by atoms with van der Waals surface area (Å²) in [6.07, 6.45) is 10.7. The van der Waals surface area contributed by atoms with E-state index in [1.807, 2.05) is 38.2 Å². The van der Waals surface area contributed by atoms with Crippen LogP contribution in [0.4, 0.5) is 0 Å². The fourth-order valence-corrected chi connectivity index (χ4v) is 3.52. The Labute approximate surface area is 193 Å². The maximum absolute atomic E-state index is 5.74. The summed E-state index contributed by atoms with van der Waals surface area (Å²) in [7, 11) is 5.81. The van der Waals surface area contributed by atoms with Crippen molar-refractivity contribution in [1.29, 1.82) is 0 Å². The summed E-state index contributed by atoms with van der Waals surface area (Å²) in [6.45, 7) is 10.7. The number of aromatic nitrogens is 1. The van der Waals surface area contributed by atoms with Gasteiger partial charge in [-0.25, -0.2) is 0 Å². The summed E-state index contributed by atoms with van der Waals surface area (Å²) < 4.78 is 0. The largest absolute Gasteiger partial charge is 0.383 e. The summed E-state index contributed by atoms with van der Waals surface area (Å²) in [4.78, 5) is 11.4. The standard InChI is InChI=1S/C28H36N4/c1-7-22(20-32(5)6)23-11-10-12-24(18-23)27-15-14-26(25(19-30-4)17-21(2)3)28(31-27)13-8-9-16-29/h7,10-12,14-15,17-20H,1-2,8-9,13,16,29H2,3-6H3/b22-20+,25-17+,30-19-. The highest BCUT2D eigenvalue weighted by atomic mass is 15.0. The SMILES string of the molecule is C=C/C(=C\N(C)C)c1cccc(-c2ccc(C(/C=N\C)=C/C(=C)C)c(CCCCN)n2)c1. The molecular formula is C28H36N4. The molecule has 0 aliphatic heterocycles. The minimum absolute atomic E-state index is 0.685. The van der Waals surface area contributed by atoms with Crippen LogP contribution in [-0.2, 0) is 6.42 Å². The number of aryl methyl sites for hydroxylation is 1. The summed E-state index contributed by atoms with van der Waals surface area (Å²) in [5.41, 5.74) is 14.1. The quantitative estimate of drug-likeness (QED) is 0.280. The smallest absolute Gasteiger partial charge is 0.0705 e. The highest BCUT2D eigenvalue weighted by Crippen LogP contribution is 2.27. The summed E-state index contributed by atoms with van der Waals surface area (Å²) in [5, 5.41) is 0. The first-order chi connectivity index (χ1) is 15.4. The van der Waals surface area contributed by atoms with Gasteiger partial charge in [-0.3, -0.25) is 9.98 Å². The molecule has 2 aromatic rings. The van der Waals surface area contributed by atoms with E-state index in [0.29, 0.717) is 6.54 Å². The zero-order valence-corrected chi connectivity index (χ0v) is 19.9. The molecule has 0 radical (unpaired) electrons. The molecule has 168 valence electrons. The third kappa shape index (κ3) is 7.17. The zero-order valence-electron chi connectivity index (χ0n) is 19.9. The molecule has 0 aliphatic carbocycles. The van der Waals surface area contributed by atoms with E-state index in [1.165, 1.54) is 0 Å². The molecule has 0 saturated carbocycles. The molecule has 0 spiro atoms. The van der Waals surface area contributed by atoms with Gasteiger partial charge in [-0.1, -0.05) is 55.1 Å². The van der Waals surface area contributed by atoms with Gasteiger partial charge in [0.1, 0.15) is 0 Å². The minimum atomic E-state index is 0.685. The van der Waals surface area contributed by atoms with Crippen molar-refractivity contribution in [2.45, 2.75) is 26.2 Å². The predicted octanol–water partition coefficient (Wildman–Crippen LogP) is 5.78. The van der Waals surface area contributed by atoms with Crippen LogP contribution in [0.1, 0.15) is 36.6 Å². The molecule has 2 rings (SSSR count). The molecule has 0 unspecified atom stereocenters. The Morgan fingerprint density at radius 2 is 1.94 bits per heavy atom. The van der Waals surface area contributed by atoms with Crippen LogP contribution in [0, 0.1) is 0 Å². The first kappa shape index (κ1) is 25.0. The van der Waals surface area contributed by atoms with Crippen LogP contribution in [0.3, 0.4) is 0 Å². The Balaban J connectivity index is 2.56. The molecule has 2 N–H and O–H groups in total. The summed E-state index contributed by atoms with van der Waals surface area (Å²) in [6, 6.07) is 12.7. The molecule has 1 aromatic carbocycles. The van der Waals surface area contributed by atoms with Crippen LogP contribution in [0.5, 0.6) is 0 Å². The fourth-order valence-electron chi connectivity index (χ4n) is 3.52. The van der Waals surface area contributed by atoms with Gasteiger partial charge in [0.15, 0.2) is 0 Å². The second kappa shape index (κ2) is 12.6. The van der Waals surface area contributed by atoms with E-state index in [2.05, 4.69) is 66.8 Å². The lowest BCUT2D eigenvalue weighted by atomic mass is 9.97. The Kier molecular flexibility index (Phi) is 9.83. The zero-order chi connectivity index (χ0) is 23.5. The molecule has 0 atom stereocenters. The number of hydrogen-bond donors (Lipinski definition) is 1. The Hall–Kier alpha value is -3.24. The minimum Gasteiger partial charge on any atom is -0.383 e. The van der Waals surface area contributed by atoms with Gasteiger partial charge in [0.25, 0.3) is 0 Å². The maximum atomic E-state index is 5.74. The van der Waals surface area contributed by atoms with E-state index in [1.54, 1.807) is 7.05 Å². The van der Waals surface area contributed by atoms with Gasteiger partial charge >= 0.3 is 0 Å². The van der Waals surface area contributed by atoms with Gasteiger partial charge in [-0.05, 0) is 56.0 Å². The lowest BCUT2D eigenvalue weighted by molar-refractivity contribution is 0.566. The first-order valence-electron chi connectivity index (χ1n) is 11.0.